The highest BCUT2D eigenvalue weighted by Crippen LogP contribution is 2.40. The lowest BCUT2D eigenvalue weighted by molar-refractivity contribution is -0.113. The molecule has 0 bridgehead atoms. The van der Waals surface area contributed by atoms with Crippen LogP contribution in [0.25, 0.3) is 0 Å². The number of rotatable bonds is 12. The second-order valence-electron chi connectivity index (χ2n) is 8.86. The molecule has 1 amide bonds. The fourth-order valence-electron chi connectivity index (χ4n) is 4.22. The van der Waals surface area contributed by atoms with Gasteiger partial charge in [0.2, 0.25) is 11.1 Å². The predicted molar refractivity (Wildman–Crippen MR) is 149 cm³/mol. The molecule has 2 N–H and O–H groups in total. The van der Waals surface area contributed by atoms with Gasteiger partial charge in [-0.2, -0.15) is 4.98 Å². The molecule has 1 aliphatic heterocycles. The van der Waals surface area contributed by atoms with E-state index in [1.165, 1.54) is 0 Å². The maximum absolute atomic E-state index is 13.6. The summed E-state index contributed by atoms with van der Waals surface area (Å²) in [6, 6.07) is 14.8. The molecule has 0 aliphatic carbocycles. The van der Waals surface area contributed by atoms with E-state index in [0.717, 1.165) is 48.4 Å². The van der Waals surface area contributed by atoms with Crippen LogP contribution in [-0.4, -0.2) is 40.1 Å². The Morgan fingerprint density at radius 1 is 1.11 bits per heavy atom. The van der Waals surface area contributed by atoms with Crippen LogP contribution in [-0.2, 0) is 4.79 Å². The van der Waals surface area contributed by atoms with Crippen LogP contribution in [0.2, 0.25) is 0 Å². The first-order chi connectivity index (χ1) is 18.0. The predicted octanol–water partition coefficient (Wildman–Crippen LogP) is 6.29. The fraction of sp³-hybridized carbons (Fsp3) is 0.393. The van der Waals surface area contributed by atoms with Gasteiger partial charge in [-0.3, -0.25) is 4.79 Å². The maximum Gasteiger partial charge on any atom is 0.255 e. The maximum atomic E-state index is 13.6. The number of aromatic nitrogens is 3. The minimum atomic E-state index is -0.494. The number of unbranched alkanes of at least 4 members (excludes halogenated alkanes) is 2. The lowest BCUT2D eigenvalue weighted by atomic mass is 9.94. The fourth-order valence-corrected chi connectivity index (χ4v) is 4.90. The zero-order chi connectivity index (χ0) is 26.2. The SMILES string of the molecule is CCCCCOc1ccc(C2C(C(=O)Nc3ccccc3)=C(C)Nc3nc(SCCC)nn32)cc1OC. The summed E-state index contributed by atoms with van der Waals surface area (Å²) in [5, 5.41) is 11.8. The van der Waals surface area contributed by atoms with E-state index in [4.69, 9.17) is 19.6 Å². The van der Waals surface area contributed by atoms with Crippen LogP contribution in [0, 0.1) is 0 Å². The molecule has 8 nitrogen and oxygen atoms in total. The minimum absolute atomic E-state index is 0.205. The van der Waals surface area contributed by atoms with Gasteiger partial charge in [0.15, 0.2) is 11.5 Å². The van der Waals surface area contributed by atoms with E-state index in [1.807, 2.05) is 55.5 Å². The summed E-state index contributed by atoms with van der Waals surface area (Å²) in [6.45, 7) is 6.82. The van der Waals surface area contributed by atoms with Gasteiger partial charge in [-0.15, -0.1) is 5.10 Å². The number of hydrogen-bond acceptors (Lipinski definition) is 7. The van der Waals surface area contributed by atoms with Crippen molar-refractivity contribution in [1.82, 2.24) is 14.8 Å². The number of anilines is 2. The number of hydrogen-bond donors (Lipinski definition) is 2. The van der Waals surface area contributed by atoms with Gasteiger partial charge < -0.3 is 20.1 Å². The number of ether oxygens (including phenoxy) is 2. The first-order valence-corrected chi connectivity index (χ1v) is 13.8. The third kappa shape index (κ3) is 6.28. The summed E-state index contributed by atoms with van der Waals surface area (Å²) in [6.07, 6.45) is 4.26. The molecule has 0 saturated heterocycles. The molecule has 37 heavy (non-hydrogen) atoms. The number of carbonyl (C=O) groups is 1. The summed E-state index contributed by atoms with van der Waals surface area (Å²) in [4.78, 5) is 18.3. The van der Waals surface area contributed by atoms with Gasteiger partial charge in [0.05, 0.1) is 19.3 Å². The molecule has 4 rings (SSSR count). The minimum Gasteiger partial charge on any atom is -0.493 e. The average Bonchev–Trinajstić information content (AvgIpc) is 3.32. The van der Waals surface area contributed by atoms with E-state index >= 15 is 0 Å². The van der Waals surface area contributed by atoms with Crippen molar-refractivity contribution in [2.45, 2.75) is 57.7 Å². The Labute approximate surface area is 222 Å². The number of fused-ring (bicyclic) bond motifs is 1. The van der Waals surface area contributed by atoms with Crippen LogP contribution in [0.3, 0.4) is 0 Å². The van der Waals surface area contributed by atoms with E-state index in [0.29, 0.717) is 34.8 Å². The number of nitrogens with one attached hydrogen (secondary N) is 2. The van der Waals surface area contributed by atoms with Crippen LogP contribution in [0.1, 0.15) is 58.1 Å². The van der Waals surface area contributed by atoms with E-state index in [2.05, 4.69) is 24.5 Å². The molecule has 0 radical (unpaired) electrons. The Morgan fingerprint density at radius 3 is 2.65 bits per heavy atom. The van der Waals surface area contributed by atoms with E-state index in [1.54, 1.807) is 23.6 Å². The Bertz CT molecular complexity index is 1240. The van der Waals surface area contributed by atoms with Gasteiger partial charge in [0.1, 0.15) is 6.04 Å². The standard InChI is InChI=1S/C28H35N5O3S/c1-5-7-11-16-36-22-15-14-20(18-23(22)35-4)25-24(26(34)30-21-12-9-8-10-13-21)19(3)29-27-31-28(32-33(25)27)37-17-6-2/h8-10,12-15,18,25H,5-7,11,16-17H2,1-4H3,(H,30,34)(H,29,31,32). The zero-order valence-electron chi connectivity index (χ0n) is 21.9. The number of allylic oxidation sites excluding steroid dienone is 1. The molecule has 1 atom stereocenters. The second-order valence-corrected chi connectivity index (χ2v) is 9.93. The highest BCUT2D eigenvalue weighted by Gasteiger charge is 2.35. The number of amides is 1. The molecule has 1 aliphatic rings. The molecule has 1 aromatic heterocycles. The van der Waals surface area contributed by atoms with Gasteiger partial charge >= 0.3 is 0 Å². The largest absolute Gasteiger partial charge is 0.493 e. The van der Waals surface area contributed by atoms with Crippen molar-refractivity contribution >= 4 is 29.3 Å². The number of methoxy groups -OCH3 is 1. The van der Waals surface area contributed by atoms with Crippen molar-refractivity contribution in [2.24, 2.45) is 0 Å². The first kappa shape index (κ1) is 26.6. The van der Waals surface area contributed by atoms with Gasteiger partial charge in [-0.05, 0) is 49.6 Å². The van der Waals surface area contributed by atoms with Crippen LogP contribution in [0.5, 0.6) is 11.5 Å². The highest BCUT2D eigenvalue weighted by molar-refractivity contribution is 7.99. The molecular weight excluding hydrogens is 486 g/mol. The molecule has 1 unspecified atom stereocenters. The molecule has 2 aromatic carbocycles. The number of carbonyl (C=O) groups excluding carboxylic acids is 1. The van der Waals surface area contributed by atoms with Crippen molar-refractivity contribution in [2.75, 3.05) is 30.1 Å². The molecule has 2 heterocycles. The van der Waals surface area contributed by atoms with E-state index < -0.39 is 6.04 Å². The average molecular weight is 522 g/mol. The first-order valence-electron chi connectivity index (χ1n) is 12.8. The van der Waals surface area contributed by atoms with E-state index in [9.17, 15) is 4.79 Å². The highest BCUT2D eigenvalue weighted by atomic mass is 32.2. The summed E-state index contributed by atoms with van der Waals surface area (Å²) < 4.78 is 13.5. The summed E-state index contributed by atoms with van der Waals surface area (Å²) in [5.41, 5.74) is 2.87. The quantitative estimate of drug-likeness (QED) is 0.214. The third-order valence-electron chi connectivity index (χ3n) is 6.05. The normalized spacial score (nSPS) is 14.6. The summed E-state index contributed by atoms with van der Waals surface area (Å²) >= 11 is 1.60. The smallest absolute Gasteiger partial charge is 0.255 e. The Morgan fingerprint density at radius 2 is 1.92 bits per heavy atom. The number of benzene rings is 2. The Hall–Kier alpha value is -3.46. The molecule has 3 aromatic rings. The van der Waals surface area contributed by atoms with Crippen LogP contribution < -0.4 is 20.1 Å². The lowest BCUT2D eigenvalue weighted by Gasteiger charge is -2.29. The van der Waals surface area contributed by atoms with Crippen molar-refractivity contribution in [3.63, 3.8) is 0 Å². The third-order valence-corrected chi connectivity index (χ3v) is 7.10. The van der Waals surface area contributed by atoms with Gasteiger partial charge in [-0.25, -0.2) is 4.68 Å². The number of nitrogens with zero attached hydrogens (tertiary/aromatic N) is 3. The monoisotopic (exact) mass is 521 g/mol. The molecule has 0 fully saturated rings. The molecule has 0 spiro atoms. The van der Waals surface area contributed by atoms with Crippen molar-refractivity contribution in [3.8, 4) is 11.5 Å². The van der Waals surface area contributed by atoms with Crippen LogP contribution in [0.15, 0.2) is 65.0 Å². The molecular formula is C28H35N5O3S. The van der Waals surface area contributed by atoms with Gasteiger partial charge in [0, 0.05) is 17.1 Å². The number of thioether (sulfide) groups is 1. The van der Waals surface area contributed by atoms with Crippen LogP contribution >= 0.6 is 11.8 Å². The van der Waals surface area contributed by atoms with Crippen molar-refractivity contribution in [1.29, 1.82) is 0 Å². The number of para-hydroxylation sites is 1. The van der Waals surface area contributed by atoms with Crippen molar-refractivity contribution in [3.05, 3.63) is 65.4 Å². The van der Waals surface area contributed by atoms with Gasteiger partial charge in [0.25, 0.3) is 5.91 Å². The summed E-state index contributed by atoms with van der Waals surface area (Å²) in [5.74, 6) is 2.63. The van der Waals surface area contributed by atoms with Gasteiger partial charge in [-0.1, -0.05) is 62.7 Å². The second kappa shape index (κ2) is 12.7. The summed E-state index contributed by atoms with van der Waals surface area (Å²) in [7, 11) is 1.63. The van der Waals surface area contributed by atoms with Crippen molar-refractivity contribution < 1.29 is 14.3 Å². The Balaban J connectivity index is 1.72. The topological polar surface area (TPSA) is 90.3 Å². The zero-order valence-corrected chi connectivity index (χ0v) is 22.7. The lowest BCUT2D eigenvalue weighted by Crippen LogP contribution is -2.31. The van der Waals surface area contributed by atoms with Crippen LogP contribution in [0.4, 0.5) is 11.6 Å². The van der Waals surface area contributed by atoms with E-state index in [-0.39, 0.29) is 5.91 Å². The molecule has 9 heteroatoms. The molecule has 196 valence electrons. The Kier molecular flexibility index (Phi) is 9.11. The molecule has 0 saturated carbocycles.